The number of hydrogen-bond acceptors (Lipinski definition) is 5. The van der Waals surface area contributed by atoms with Crippen LogP contribution in [0.3, 0.4) is 0 Å². The highest BCUT2D eigenvalue weighted by atomic mass is 32.3. The lowest BCUT2D eigenvalue weighted by Gasteiger charge is -2.05. The van der Waals surface area contributed by atoms with Crippen molar-refractivity contribution in [2.75, 3.05) is 39.6 Å². The molecule has 22 heavy (non-hydrogen) atoms. The molecule has 2 N–H and O–H groups in total. The SMILES string of the molecule is CCCOCCCCOCCCCOCCC.O=S(=O)(O)O. The van der Waals surface area contributed by atoms with E-state index in [2.05, 4.69) is 13.8 Å². The highest BCUT2D eigenvalue weighted by Gasteiger charge is 1.92. The van der Waals surface area contributed by atoms with Gasteiger partial charge in [-0.05, 0) is 38.5 Å². The van der Waals surface area contributed by atoms with Crippen LogP contribution in [0.1, 0.15) is 52.4 Å². The minimum atomic E-state index is -4.67. The first-order valence-corrected chi connectivity index (χ1v) is 9.24. The van der Waals surface area contributed by atoms with Crippen molar-refractivity contribution < 1.29 is 31.7 Å². The largest absolute Gasteiger partial charge is 0.394 e. The number of rotatable bonds is 14. The number of hydrogen-bond donors (Lipinski definition) is 2. The molecular weight excluding hydrogens is 312 g/mol. The van der Waals surface area contributed by atoms with Crippen LogP contribution in [-0.4, -0.2) is 57.2 Å². The third-order valence-corrected chi connectivity index (χ3v) is 2.35. The van der Waals surface area contributed by atoms with Gasteiger partial charge >= 0.3 is 10.4 Å². The second-order valence-corrected chi connectivity index (χ2v) is 5.59. The smallest absolute Gasteiger partial charge is 0.381 e. The van der Waals surface area contributed by atoms with E-state index in [9.17, 15) is 0 Å². The van der Waals surface area contributed by atoms with Crippen LogP contribution in [0.15, 0.2) is 0 Å². The zero-order valence-corrected chi connectivity index (χ0v) is 14.6. The van der Waals surface area contributed by atoms with Crippen molar-refractivity contribution in [3.63, 3.8) is 0 Å². The molecule has 0 unspecified atom stereocenters. The molecule has 8 heteroatoms. The summed E-state index contributed by atoms with van der Waals surface area (Å²) in [5.41, 5.74) is 0. The molecule has 0 aromatic rings. The summed E-state index contributed by atoms with van der Waals surface area (Å²) in [6, 6.07) is 0. The molecule has 0 atom stereocenters. The van der Waals surface area contributed by atoms with Crippen LogP contribution in [0.2, 0.25) is 0 Å². The summed E-state index contributed by atoms with van der Waals surface area (Å²) in [6.07, 6.45) is 6.65. The molecule has 0 aliphatic rings. The van der Waals surface area contributed by atoms with Crippen LogP contribution in [0.25, 0.3) is 0 Å². The molecule has 7 nitrogen and oxygen atoms in total. The van der Waals surface area contributed by atoms with Crippen molar-refractivity contribution in [1.82, 2.24) is 0 Å². The van der Waals surface area contributed by atoms with Gasteiger partial charge in [0.1, 0.15) is 0 Å². The summed E-state index contributed by atoms with van der Waals surface area (Å²) in [7, 11) is -4.67. The number of unbranched alkanes of at least 4 members (excludes halogenated alkanes) is 2. The van der Waals surface area contributed by atoms with E-state index in [1.807, 2.05) is 0 Å². The molecule has 136 valence electrons. The van der Waals surface area contributed by atoms with Gasteiger partial charge in [-0.15, -0.1) is 0 Å². The van der Waals surface area contributed by atoms with E-state index in [-0.39, 0.29) is 0 Å². The fraction of sp³-hybridized carbons (Fsp3) is 1.00. The van der Waals surface area contributed by atoms with Crippen LogP contribution in [0.4, 0.5) is 0 Å². The molecule has 0 aromatic carbocycles. The molecule has 0 aromatic heterocycles. The van der Waals surface area contributed by atoms with Crippen molar-refractivity contribution >= 4 is 10.4 Å². The summed E-state index contributed by atoms with van der Waals surface area (Å²) in [6.45, 7) is 9.53. The first kappa shape index (κ1) is 24.0. The van der Waals surface area contributed by atoms with Crippen molar-refractivity contribution in [3.8, 4) is 0 Å². The first-order chi connectivity index (χ1) is 10.4. The summed E-state index contributed by atoms with van der Waals surface area (Å²) < 4.78 is 47.9. The van der Waals surface area contributed by atoms with Crippen LogP contribution >= 0.6 is 0 Å². The third-order valence-electron chi connectivity index (χ3n) is 2.35. The summed E-state index contributed by atoms with van der Waals surface area (Å²) in [4.78, 5) is 0. The Balaban J connectivity index is 0. The van der Waals surface area contributed by atoms with Gasteiger partial charge in [0.2, 0.25) is 0 Å². The third kappa shape index (κ3) is 36.7. The van der Waals surface area contributed by atoms with Crippen molar-refractivity contribution in [2.45, 2.75) is 52.4 Å². The predicted octanol–water partition coefficient (Wildman–Crippen LogP) is 2.76. The van der Waals surface area contributed by atoms with Gasteiger partial charge in [-0.1, -0.05) is 13.8 Å². The lowest BCUT2D eigenvalue weighted by molar-refractivity contribution is 0.0909. The Morgan fingerprint density at radius 1 is 0.636 bits per heavy atom. The summed E-state index contributed by atoms with van der Waals surface area (Å²) in [5.74, 6) is 0. The molecule has 0 heterocycles. The molecule has 0 radical (unpaired) electrons. The highest BCUT2D eigenvalue weighted by molar-refractivity contribution is 7.79. The molecule has 0 saturated carbocycles. The molecule has 0 amide bonds. The molecule has 0 saturated heterocycles. The molecule has 0 bridgehead atoms. The minimum Gasteiger partial charge on any atom is -0.381 e. The maximum Gasteiger partial charge on any atom is 0.394 e. The van der Waals surface area contributed by atoms with Gasteiger partial charge in [0.15, 0.2) is 0 Å². The van der Waals surface area contributed by atoms with Gasteiger partial charge in [0.05, 0.1) is 0 Å². The van der Waals surface area contributed by atoms with E-state index in [1.165, 1.54) is 0 Å². The van der Waals surface area contributed by atoms with Gasteiger partial charge in [0, 0.05) is 39.6 Å². The van der Waals surface area contributed by atoms with E-state index in [0.717, 1.165) is 78.2 Å². The Morgan fingerprint density at radius 3 is 1.09 bits per heavy atom. The zero-order chi connectivity index (χ0) is 17.1. The molecular formula is C14H32O7S. The topological polar surface area (TPSA) is 102 Å². The van der Waals surface area contributed by atoms with E-state index in [4.69, 9.17) is 31.7 Å². The van der Waals surface area contributed by atoms with Gasteiger partial charge in [-0.2, -0.15) is 8.42 Å². The zero-order valence-electron chi connectivity index (χ0n) is 13.8. The van der Waals surface area contributed by atoms with Crippen LogP contribution in [0, 0.1) is 0 Å². The second-order valence-electron chi connectivity index (χ2n) is 4.70. The maximum atomic E-state index is 8.74. The van der Waals surface area contributed by atoms with Gasteiger partial charge in [0.25, 0.3) is 0 Å². The van der Waals surface area contributed by atoms with Crippen molar-refractivity contribution in [3.05, 3.63) is 0 Å². The summed E-state index contributed by atoms with van der Waals surface area (Å²) >= 11 is 0. The normalized spacial score (nSPS) is 11.1. The van der Waals surface area contributed by atoms with Gasteiger partial charge in [-0.3, -0.25) is 9.11 Å². The Labute approximate surface area is 134 Å². The van der Waals surface area contributed by atoms with Gasteiger partial charge in [-0.25, -0.2) is 0 Å². The quantitative estimate of drug-likeness (QED) is 0.369. The van der Waals surface area contributed by atoms with Crippen LogP contribution in [-0.2, 0) is 24.6 Å². The van der Waals surface area contributed by atoms with Crippen molar-refractivity contribution in [2.24, 2.45) is 0 Å². The lowest BCUT2D eigenvalue weighted by atomic mass is 10.3. The van der Waals surface area contributed by atoms with Crippen LogP contribution < -0.4 is 0 Å². The Kier molecular flexibility index (Phi) is 20.5. The van der Waals surface area contributed by atoms with E-state index >= 15 is 0 Å². The number of ether oxygens (including phenoxy) is 3. The molecule has 0 aliphatic heterocycles. The molecule has 0 fully saturated rings. The summed E-state index contributed by atoms with van der Waals surface area (Å²) in [5, 5.41) is 0. The Morgan fingerprint density at radius 2 is 0.864 bits per heavy atom. The molecule has 0 spiro atoms. The maximum absolute atomic E-state index is 8.74. The fourth-order valence-corrected chi connectivity index (χ4v) is 1.41. The molecule has 0 rings (SSSR count). The van der Waals surface area contributed by atoms with Gasteiger partial charge < -0.3 is 14.2 Å². The highest BCUT2D eigenvalue weighted by Crippen LogP contribution is 1.96. The Bertz CT molecular complexity index is 272. The lowest BCUT2D eigenvalue weighted by Crippen LogP contribution is -2.02. The average Bonchev–Trinajstić information content (AvgIpc) is 2.42. The van der Waals surface area contributed by atoms with E-state index in [0.29, 0.717) is 0 Å². The predicted molar refractivity (Wildman–Crippen MR) is 85.7 cm³/mol. The second kappa shape index (κ2) is 18.8. The Hall–Kier alpha value is -0.250. The standard InChI is InChI=1S/C14H30O3.H2O4S/c1-3-9-15-11-5-7-13-17-14-8-6-12-16-10-4-2;1-5(2,3)4/h3-14H2,1-2H3;(H2,1,2,3,4). The fourth-order valence-electron chi connectivity index (χ4n) is 1.41. The van der Waals surface area contributed by atoms with E-state index < -0.39 is 10.4 Å². The van der Waals surface area contributed by atoms with Crippen LogP contribution in [0.5, 0.6) is 0 Å². The molecule has 0 aliphatic carbocycles. The first-order valence-electron chi connectivity index (χ1n) is 7.84. The average molecular weight is 344 g/mol. The van der Waals surface area contributed by atoms with E-state index in [1.54, 1.807) is 0 Å². The minimum absolute atomic E-state index is 0.866. The van der Waals surface area contributed by atoms with Crippen molar-refractivity contribution in [1.29, 1.82) is 0 Å². The monoisotopic (exact) mass is 344 g/mol.